The first-order valence-electron chi connectivity index (χ1n) is 13.1. The van der Waals surface area contributed by atoms with Gasteiger partial charge in [-0.3, -0.25) is 29.9 Å². The van der Waals surface area contributed by atoms with E-state index in [-0.39, 0.29) is 0 Å². The van der Waals surface area contributed by atoms with Gasteiger partial charge in [-0.05, 0) is 36.4 Å². The molecule has 7 rings (SSSR count). The molecule has 7 heterocycles. The topological polar surface area (TPSA) is 116 Å². The van der Waals surface area contributed by atoms with Gasteiger partial charge in [-0.1, -0.05) is 18.2 Å². The summed E-state index contributed by atoms with van der Waals surface area (Å²) in [7, 11) is 0. The van der Waals surface area contributed by atoms with Crippen LogP contribution < -0.4 is 0 Å². The molecule has 198 valence electrons. The molecule has 0 aliphatic carbocycles. The first-order valence-corrected chi connectivity index (χ1v) is 13.1. The Morgan fingerprint density at radius 2 is 0.571 bits per heavy atom. The molecule has 7 aromatic heterocycles. The highest BCUT2D eigenvalue weighted by Crippen LogP contribution is 2.29. The van der Waals surface area contributed by atoms with Crippen molar-refractivity contribution in [3.8, 4) is 67.5 Å². The van der Waals surface area contributed by atoms with E-state index in [9.17, 15) is 0 Å². The van der Waals surface area contributed by atoms with E-state index in [0.29, 0.717) is 17.5 Å². The van der Waals surface area contributed by atoms with Crippen LogP contribution in [-0.4, -0.2) is 44.9 Å². The molecule has 42 heavy (non-hydrogen) atoms. The summed E-state index contributed by atoms with van der Waals surface area (Å²) in [5.41, 5.74) is 7.80. The Morgan fingerprint density at radius 1 is 0.286 bits per heavy atom. The molecule has 0 N–H and O–H groups in total. The van der Waals surface area contributed by atoms with Crippen molar-refractivity contribution < 1.29 is 0 Å². The van der Waals surface area contributed by atoms with Crippen molar-refractivity contribution in [2.24, 2.45) is 0 Å². The Morgan fingerprint density at radius 3 is 0.857 bits per heavy atom. The molecule has 0 fully saturated rings. The predicted octanol–water partition coefficient (Wildman–Crippen LogP) is 6.24. The molecule has 0 unspecified atom stereocenters. The Kier molecular flexibility index (Phi) is 6.63. The van der Waals surface area contributed by atoms with Crippen LogP contribution in [0.15, 0.2) is 129 Å². The van der Waals surface area contributed by atoms with Crippen molar-refractivity contribution in [2.75, 3.05) is 0 Å². The zero-order chi connectivity index (χ0) is 28.1. The van der Waals surface area contributed by atoms with Crippen molar-refractivity contribution in [3.63, 3.8) is 0 Å². The third-order valence-corrected chi connectivity index (χ3v) is 6.61. The maximum absolute atomic E-state index is 4.89. The molecule has 0 aliphatic rings. The molecule has 0 bridgehead atoms. The second-order valence-corrected chi connectivity index (χ2v) is 9.42. The van der Waals surface area contributed by atoms with Crippen LogP contribution in [0, 0.1) is 0 Å². The lowest BCUT2D eigenvalue weighted by molar-refractivity contribution is 1.06. The Labute approximate surface area is 241 Å². The summed E-state index contributed by atoms with van der Waals surface area (Å²) in [6.45, 7) is 0. The van der Waals surface area contributed by atoms with E-state index >= 15 is 0 Å². The molecule has 7 aromatic rings. The third-order valence-electron chi connectivity index (χ3n) is 6.61. The van der Waals surface area contributed by atoms with Crippen molar-refractivity contribution in [2.45, 2.75) is 0 Å². The zero-order valence-electron chi connectivity index (χ0n) is 22.1. The van der Waals surface area contributed by atoms with E-state index in [1.165, 1.54) is 0 Å². The van der Waals surface area contributed by atoms with Gasteiger partial charge in [-0.15, -0.1) is 0 Å². The van der Waals surface area contributed by atoms with Gasteiger partial charge in [0, 0.05) is 124 Å². The molecule has 9 nitrogen and oxygen atoms in total. The van der Waals surface area contributed by atoms with Crippen LogP contribution in [0.3, 0.4) is 0 Å². The van der Waals surface area contributed by atoms with Crippen LogP contribution in [0.25, 0.3) is 67.5 Å². The molecule has 0 aliphatic heterocycles. The van der Waals surface area contributed by atoms with Gasteiger partial charge in [0.05, 0.1) is 0 Å². The molecule has 0 aromatic carbocycles. The smallest absolute Gasteiger partial charge is 0.165 e. The first kappa shape index (κ1) is 24.9. The zero-order valence-corrected chi connectivity index (χ0v) is 22.1. The number of pyridine rings is 6. The summed E-state index contributed by atoms with van der Waals surface area (Å²) < 4.78 is 0. The molecule has 0 amide bonds. The fourth-order valence-electron chi connectivity index (χ4n) is 4.52. The summed E-state index contributed by atoms with van der Waals surface area (Å²) in [6.07, 6.45) is 21.3. The number of rotatable bonds is 6. The second-order valence-electron chi connectivity index (χ2n) is 9.42. The molecule has 0 saturated heterocycles. The number of aromatic nitrogens is 9. The van der Waals surface area contributed by atoms with Crippen LogP contribution in [0.2, 0.25) is 0 Å². The predicted molar refractivity (Wildman–Crippen MR) is 159 cm³/mol. The summed E-state index contributed by atoms with van der Waals surface area (Å²) in [6, 6.07) is 17.7. The van der Waals surface area contributed by atoms with Crippen LogP contribution in [0.5, 0.6) is 0 Å². The van der Waals surface area contributed by atoms with E-state index < -0.39 is 0 Å². The van der Waals surface area contributed by atoms with E-state index in [2.05, 4.69) is 29.9 Å². The van der Waals surface area contributed by atoms with E-state index in [1.807, 2.05) is 54.6 Å². The van der Waals surface area contributed by atoms with Crippen molar-refractivity contribution in [3.05, 3.63) is 129 Å². The van der Waals surface area contributed by atoms with Gasteiger partial charge in [0.1, 0.15) is 0 Å². The summed E-state index contributed by atoms with van der Waals surface area (Å²) in [5, 5.41) is 0. The van der Waals surface area contributed by atoms with Gasteiger partial charge in [0.25, 0.3) is 0 Å². The SMILES string of the molecule is c1cncc(-c2cncc(-c3nc(-c4cncc(-c5cccnc5)c4)nc(-c4cncc(-c5cccnc5)c4)n3)c2)c1. The molecule has 0 radical (unpaired) electrons. The third kappa shape index (κ3) is 5.22. The van der Waals surface area contributed by atoms with Crippen molar-refractivity contribution in [1.29, 1.82) is 0 Å². The van der Waals surface area contributed by atoms with Gasteiger partial charge in [-0.25, -0.2) is 15.0 Å². The lowest BCUT2D eigenvalue weighted by Gasteiger charge is -2.10. The minimum absolute atomic E-state index is 0.479. The van der Waals surface area contributed by atoms with E-state index in [4.69, 9.17) is 15.0 Å². The highest BCUT2D eigenvalue weighted by molar-refractivity contribution is 5.74. The van der Waals surface area contributed by atoms with E-state index in [0.717, 1.165) is 50.1 Å². The average molecular weight is 544 g/mol. The minimum Gasteiger partial charge on any atom is -0.264 e. The molecular weight excluding hydrogens is 522 g/mol. The number of hydrogen-bond acceptors (Lipinski definition) is 9. The highest BCUT2D eigenvalue weighted by Gasteiger charge is 2.15. The maximum atomic E-state index is 4.89. The maximum Gasteiger partial charge on any atom is 0.165 e. The minimum atomic E-state index is 0.479. The lowest BCUT2D eigenvalue weighted by Crippen LogP contribution is -2.01. The van der Waals surface area contributed by atoms with Crippen LogP contribution in [0.1, 0.15) is 0 Å². The standard InChI is InChI=1S/C33H21N9/c1-4-22(13-34-7-1)25-10-28(19-37-16-25)31-40-32(29-11-26(17-38-20-29)23-5-2-8-35-14-23)42-33(41-31)30-12-27(18-39-21-30)24-6-3-9-36-15-24/h1-21H. The summed E-state index contributed by atoms with van der Waals surface area (Å²) >= 11 is 0. The molecule has 0 atom stereocenters. The summed E-state index contributed by atoms with van der Waals surface area (Å²) in [4.78, 5) is 40.8. The van der Waals surface area contributed by atoms with Gasteiger partial charge in [-0.2, -0.15) is 0 Å². The Bertz CT molecular complexity index is 1740. The molecule has 0 spiro atoms. The van der Waals surface area contributed by atoms with Crippen LogP contribution >= 0.6 is 0 Å². The van der Waals surface area contributed by atoms with Gasteiger partial charge >= 0.3 is 0 Å². The van der Waals surface area contributed by atoms with Gasteiger partial charge in [0.15, 0.2) is 17.5 Å². The quantitative estimate of drug-likeness (QED) is 0.240. The second kappa shape index (κ2) is 11.2. The monoisotopic (exact) mass is 543 g/mol. The molecule has 9 heteroatoms. The van der Waals surface area contributed by atoms with Crippen molar-refractivity contribution in [1.82, 2.24) is 44.9 Å². The highest BCUT2D eigenvalue weighted by atomic mass is 15.0. The Balaban J connectivity index is 1.38. The molecular formula is C33H21N9. The number of nitrogens with zero attached hydrogens (tertiary/aromatic N) is 9. The number of hydrogen-bond donors (Lipinski definition) is 0. The lowest BCUT2D eigenvalue weighted by atomic mass is 10.1. The van der Waals surface area contributed by atoms with Crippen molar-refractivity contribution >= 4 is 0 Å². The van der Waals surface area contributed by atoms with Crippen LogP contribution in [0.4, 0.5) is 0 Å². The fraction of sp³-hybridized carbons (Fsp3) is 0. The summed E-state index contributed by atoms with van der Waals surface area (Å²) in [5.74, 6) is 1.44. The van der Waals surface area contributed by atoms with E-state index in [1.54, 1.807) is 74.4 Å². The average Bonchev–Trinajstić information content (AvgIpc) is 3.09. The largest absolute Gasteiger partial charge is 0.264 e. The fourth-order valence-corrected chi connectivity index (χ4v) is 4.52. The first-order chi connectivity index (χ1) is 20.8. The normalized spacial score (nSPS) is 10.9. The van der Waals surface area contributed by atoms with Gasteiger partial charge < -0.3 is 0 Å². The van der Waals surface area contributed by atoms with Crippen LogP contribution in [-0.2, 0) is 0 Å². The Hall–Kier alpha value is -6.09. The van der Waals surface area contributed by atoms with Gasteiger partial charge in [0.2, 0.25) is 0 Å². The molecule has 0 saturated carbocycles.